The molecule has 6 heteroatoms. The molecule has 21 heavy (non-hydrogen) atoms. The standard InChI is InChI=1S/C15H22ClN3O2/c1-18-2-4-19(5-3-18)13(10-17)11-8-12(16)15-14(9-11)20-6-7-21-15/h8-9,13H,2-7,10,17H2,1H3. The number of halogens is 1. The molecule has 0 bridgehead atoms. The SMILES string of the molecule is CN1CCN(C(CN)c2cc(Cl)c3c(c2)OCCO3)CC1. The van der Waals surface area contributed by atoms with Gasteiger partial charge < -0.3 is 20.1 Å². The maximum Gasteiger partial charge on any atom is 0.179 e. The van der Waals surface area contributed by atoms with Gasteiger partial charge in [0.15, 0.2) is 11.5 Å². The molecule has 5 nitrogen and oxygen atoms in total. The Balaban J connectivity index is 1.85. The van der Waals surface area contributed by atoms with Crippen molar-refractivity contribution in [1.29, 1.82) is 0 Å². The monoisotopic (exact) mass is 311 g/mol. The van der Waals surface area contributed by atoms with E-state index in [4.69, 9.17) is 26.8 Å². The molecule has 1 aromatic carbocycles. The second-order valence-electron chi connectivity index (χ2n) is 5.62. The molecule has 1 aromatic rings. The molecule has 1 unspecified atom stereocenters. The van der Waals surface area contributed by atoms with Crippen LogP contribution in [0.4, 0.5) is 0 Å². The Morgan fingerprint density at radius 2 is 1.90 bits per heavy atom. The summed E-state index contributed by atoms with van der Waals surface area (Å²) in [5, 5.41) is 0.606. The van der Waals surface area contributed by atoms with Crippen LogP contribution in [-0.2, 0) is 0 Å². The molecule has 0 spiro atoms. The van der Waals surface area contributed by atoms with Crippen molar-refractivity contribution >= 4 is 11.6 Å². The molecule has 1 saturated heterocycles. The van der Waals surface area contributed by atoms with Crippen LogP contribution in [0, 0.1) is 0 Å². The van der Waals surface area contributed by atoms with Gasteiger partial charge in [0.2, 0.25) is 0 Å². The lowest BCUT2D eigenvalue weighted by atomic mass is 10.0. The van der Waals surface area contributed by atoms with Gasteiger partial charge in [0.1, 0.15) is 13.2 Å². The van der Waals surface area contributed by atoms with Crippen molar-refractivity contribution in [2.24, 2.45) is 5.73 Å². The summed E-state index contributed by atoms with van der Waals surface area (Å²) in [6.07, 6.45) is 0. The van der Waals surface area contributed by atoms with Crippen molar-refractivity contribution < 1.29 is 9.47 Å². The van der Waals surface area contributed by atoms with Crippen LogP contribution in [-0.4, -0.2) is 62.8 Å². The van der Waals surface area contributed by atoms with Gasteiger partial charge in [-0.1, -0.05) is 11.6 Å². The molecule has 0 radical (unpaired) electrons. The summed E-state index contributed by atoms with van der Waals surface area (Å²) in [6.45, 7) is 5.84. The summed E-state index contributed by atoms with van der Waals surface area (Å²) in [4.78, 5) is 4.75. The van der Waals surface area contributed by atoms with Crippen LogP contribution in [0.3, 0.4) is 0 Å². The zero-order chi connectivity index (χ0) is 14.8. The third-order valence-corrected chi connectivity index (χ3v) is 4.49. The number of nitrogens with zero attached hydrogens (tertiary/aromatic N) is 2. The molecular formula is C15H22ClN3O2. The van der Waals surface area contributed by atoms with Gasteiger partial charge in [-0.3, -0.25) is 4.90 Å². The van der Waals surface area contributed by atoms with Gasteiger partial charge in [0.05, 0.1) is 5.02 Å². The van der Waals surface area contributed by atoms with Crippen LogP contribution in [0.15, 0.2) is 12.1 Å². The lowest BCUT2D eigenvalue weighted by Gasteiger charge is -2.38. The summed E-state index contributed by atoms with van der Waals surface area (Å²) in [5.41, 5.74) is 7.13. The minimum absolute atomic E-state index is 0.173. The molecule has 0 amide bonds. The molecular weight excluding hydrogens is 290 g/mol. The largest absolute Gasteiger partial charge is 0.486 e. The highest BCUT2D eigenvalue weighted by molar-refractivity contribution is 6.32. The highest BCUT2D eigenvalue weighted by Crippen LogP contribution is 2.40. The summed E-state index contributed by atoms with van der Waals surface area (Å²) < 4.78 is 11.2. The van der Waals surface area contributed by atoms with Gasteiger partial charge in [-0.05, 0) is 24.7 Å². The Hall–Kier alpha value is -1.01. The van der Waals surface area contributed by atoms with Crippen molar-refractivity contribution in [3.05, 3.63) is 22.7 Å². The first kappa shape index (κ1) is 14.9. The van der Waals surface area contributed by atoms with Crippen LogP contribution in [0.5, 0.6) is 11.5 Å². The average Bonchev–Trinajstić information content (AvgIpc) is 2.50. The Bertz CT molecular complexity index is 504. The van der Waals surface area contributed by atoms with Gasteiger partial charge in [0.25, 0.3) is 0 Å². The van der Waals surface area contributed by atoms with E-state index >= 15 is 0 Å². The number of nitrogens with two attached hydrogens (primary N) is 1. The van der Waals surface area contributed by atoms with E-state index in [1.165, 1.54) is 0 Å². The number of hydrogen-bond donors (Lipinski definition) is 1. The van der Waals surface area contributed by atoms with E-state index in [0.29, 0.717) is 30.5 Å². The molecule has 0 aliphatic carbocycles. The van der Waals surface area contributed by atoms with Gasteiger partial charge in [-0.2, -0.15) is 0 Å². The normalized spacial score (nSPS) is 21.3. The Kier molecular flexibility index (Phi) is 4.54. The van der Waals surface area contributed by atoms with Crippen molar-refractivity contribution in [3.63, 3.8) is 0 Å². The fourth-order valence-electron chi connectivity index (χ4n) is 2.95. The zero-order valence-electron chi connectivity index (χ0n) is 12.3. The second kappa shape index (κ2) is 6.40. The van der Waals surface area contributed by atoms with Crippen LogP contribution in [0.2, 0.25) is 5.02 Å². The fraction of sp³-hybridized carbons (Fsp3) is 0.600. The summed E-state index contributed by atoms with van der Waals surface area (Å²) in [5.74, 6) is 1.39. The van der Waals surface area contributed by atoms with Gasteiger partial charge in [-0.15, -0.1) is 0 Å². The summed E-state index contributed by atoms with van der Waals surface area (Å²) in [7, 11) is 2.15. The molecule has 2 heterocycles. The lowest BCUT2D eigenvalue weighted by Crippen LogP contribution is -2.47. The highest BCUT2D eigenvalue weighted by Gasteiger charge is 2.25. The van der Waals surface area contributed by atoms with E-state index in [9.17, 15) is 0 Å². The topological polar surface area (TPSA) is 51.0 Å². The van der Waals surface area contributed by atoms with E-state index in [1.807, 2.05) is 12.1 Å². The molecule has 2 aliphatic heterocycles. The third-order valence-electron chi connectivity index (χ3n) is 4.21. The number of ether oxygens (including phenoxy) is 2. The average molecular weight is 312 g/mol. The Labute approximate surface area is 130 Å². The van der Waals surface area contributed by atoms with Crippen molar-refractivity contribution in [2.45, 2.75) is 6.04 Å². The van der Waals surface area contributed by atoms with E-state index in [1.54, 1.807) is 0 Å². The molecule has 1 atom stereocenters. The highest BCUT2D eigenvalue weighted by atomic mass is 35.5. The quantitative estimate of drug-likeness (QED) is 0.913. The zero-order valence-corrected chi connectivity index (χ0v) is 13.1. The van der Waals surface area contributed by atoms with Gasteiger partial charge in [-0.25, -0.2) is 0 Å². The molecule has 2 N–H and O–H groups in total. The van der Waals surface area contributed by atoms with E-state index in [2.05, 4.69) is 16.8 Å². The van der Waals surface area contributed by atoms with Crippen LogP contribution in [0.1, 0.15) is 11.6 Å². The number of rotatable bonds is 3. The minimum Gasteiger partial charge on any atom is -0.486 e. The number of hydrogen-bond acceptors (Lipinski definition) is 5. The first-order chi connectivity index (χ1) is 10.2. The molecule has 116 valence electrons. The van der Waals surface area contributed by atoms with Crippen molar-refractivity contribution in [3.8, 4) is 11.5 Å². The van der Waals surface area contributed by atoms with Crippen LogP contribution in [0.25, 0.3) is 0 Å². The van der Waals surface area contributed by atoms with Crippen LogP contribution >= 0.6 is 11.6 Å². The van der Waals surface area contributed by atoms with Crippen molar-refractivity contribution in [2.75, 3.05) is 53.0 Å². The third kappa shape index (κ3) is 3.11. The lowest BCUT2D eigenvalue weighted by molar-refractivity contribution is 0.114. The molecule has 3 rings (SSSR count). The predicted octanol–water partition coefficient (Wildman–Crippen LogP) is 1.36. The first-order valence-corrected chi connectivity index (χ1v) is 7.78. The van der Waals surface area contributed by atoms with Crippen LogP contribution < -0.4 is 15.2 Å². The van der Waals surface area contributed by atoms with Gasteiger partial charge in [0, 0.05) is 38.8 Å². The first-order valence-electron chi connectivity index (χ1n) is 7.40. The number of piperazine rings is 1. The molecule has 2 aliphatic rings. The molecule has 1 fully saturated rings. The maximum atomic E-state index is 6.34. The maximum absolute atomic E-state index is 6.34. The number of benzene rings is 1. The number of likely N-dealkylation sites (N-methyl/N-ethyl adjacent to an activating group) is 1. The number of fused-ring (bicyclic) bond motifs is 1. The second-order valence-corrected chi connectivity index (χ2v) is 6.02. The summed E-state index contributed by atoms with van der Waals surface area (Å²) >= 11 is 6.34. The Morgan fingerprint density at radius 3 is 2.62 bits per heavy atom. The predicted molar refractivity (Wildman–Crippen MR) is 83.3 cm³/mol. The minimum atomic E-state index is 0.173. The Morgan fingerprint density at radius 1 is 1.19 bits per heavy atom. The summed E-state index contributed by atoms with van der Waals surface area (Å²) in [6, 6.07) is 4.16. The van der Waals surface area contributed by atoms with Crippen molar-refractivity contribution in [1.82, 2.24) is 9.80 Å². The van der Waals surface area contributed by atoms with Gasteiger partial charge >= 0.3 is 0 Å². The van der Waals surface area contributed by atoms with E-state index < -0.39 is 0 Å². The molecule has 0 saturated carbocycles. The molecule has 0 aromatic heterocycles. The smallest absolute Gasteiger partial charge is 0.179 e. The van der Waals surface area contributed by atoms with E-state index in [0.717, 1.165) is 37.5 Å². The fourth-order valence-corrected chi connectivity index (χ4v) is 3.23. The van der Waals surface area contributed by atoms with E-state index in [-0.39, 0.29) is 6.04 Å².